The maximum Gasteiger partial charge on any atom is 0.159 e. The van der Waals surface area contributed by atoms with Crippen molar-refractivity contribution >= 4 is 12.2 Å². The third kappa shape index (κ3) is 6.11. The summed E-state index contributed by atoms with van der Waals surface area (Å²) in [7, 11) is 0. The number of benzene rings is 1. The van der Waals surface area contributed by atoms with Gasteiger partial charge in [0.25, 0.3) is 0 Å². The van der Waals surface area contributed by atoms with E-state index in [4.69, 9.17) is 15.0 Å². The van der Waals surface area contributed by atoms with Gasteiger partial charge in [0.2, 0.25) is 0 Å². The maximum absolute atomic E-state index is 10.1. The van der Waals surface area contributed by atoms with E-state index in [0.29, 0.717) is 11.5 Å². The van der Waals surface area contributed by atoms with Gasteiger partial charge in [0, 0.05) is 17.5 Å². The van der Waals surface area contributed by atoms with Crippen LogP contribution < -0.4 is 10.5 Å². The normalized spacial score (nSPS) is 13.5. The zero-order chi connectivity index (χ0) is 18.2. The number of ether oxygens (including phenoxy) is 1. The maximum atomic E-state index is 10.1. The summed E-state index contributed by atoms with van der Waals surface area (Å²) in [5.41, 5.74) is 7.56. The molecule has 0 aliphatic rings. The minimum Gasteiger partial charge on any atom is -0.490 e. The standard InChI is InChI=1S/C20H24N2O3/c1-14(2)8-11-18(21)19(23)13-24-20-7-5-4-6-16(20)9-10-17-12-15(3)22-25-17/h4-7,9-10,12,14,18-19,23H,13,21H2,1-3H3. The third-order valence-electron chi connectivity index (χ3n) is 3.36. The second-order valence-corrected chi connectivity index (χ2v) is 6.09. The van der Waals surface area contributed by atoms with E-state index in [9.17, 15) is 5.11 Å². The van der Waals surface area contributed by atoms with E-state index in [1.165, 1.54) is 0 Å². The molecule has 0 amide bonds. The van der Waals surface area contributed by atoms with Crippen LogP contribution in [0.1, 0.15) is 30.9 Å². The largest absolute Gasteiger partial charge is 0.490 e. The van der Waals surface area contributed by atoms with E-state index in [2.05, 4.69) is 17.0 Å². The molecular weight excluding hydrogens is 316 g/mol. The first-order valence-electron chi connectivity index (χ1n) is 8.23. The Balaban J connectivity index is 2.01. The molecular formula is C20H24N2O3. The molecule has 5 nitrogen and oxygen atoms in total. The molecule has 1 heterocycles. The van der Waals surface area contributed by atoms with Crippen LogP contribution in [0, 0.1) is 24.7 Å². The zero-order valence-corrected chi connectivity index (χ0v) is 14.8. The van der Waals surface area contributed by atoms with E-state index in [-0.39, 0.29) is 12.5 Å². The SMILES string of the molecule is Cc1cc(C=Cc2ccccc2OCC(O)C(N)C#CC(C)C)on1. The lowest BCUT2D eigenvalue weighted by atomic mass is 10.1. The molecule has 132 valence electrons. The molecule has 0 aliphatic heterocycles. The van der Waals surface area contributed by atoms with E-state index >= 15 is 0 Å². The fourth-order valence-corrected chi connectivity index (χ4v) is 2.02. The Labute approximate surface area is 148 Å². The van der Waals surface area contributed by atoms with Crippen molar-refractivity contribution in [3.8, 4) is 17.6 Å². The quantitative estimate of drug-likeness (QED) is 0.790. The highest BCUT2D eigenvalue weighted by Crippen LogP contribution is 2.21. The Kier molecular flexibility index (Phi) is 6.81. The molecule has 2 atom stereocenters. The number of para-hydroxylation sites is 1. The molecule has 2 unspecified atom stereocenters. The first kappa shape index (κ1) is 18.8. The molecule has 2 aromatic rings. The van der Waals surface area contributed by atoms with Gasteiger partial charge < -0.3 is 20.1 Å². The topological polar surface area (TPSA) is 81.5 Å². The minimum atomic E-state index is -0.861. The second-order valence-electron chi connectivity index (χ2n) is 6.09. The molecule has 1 aromatic carbocycles. The Morgan fingerprint density at radius 1 is 1.28 bits per heavy atom. The van der Waals surface area contributed by atoms with Gasteiger partial charge in [-0.15, -0.1) is 0 Å². The van der Waals surface area contributed by atoms with Crippen molar-refractivity contribution in [3.05, 3.63) is 47.3 Å². The van der Waals surface area contributed by atoms with Gasteiger partial charge in [0.1, 0.15) is 18.5 Å². The van der Waals surface area contributed by atoms with Crippen LogP contribution in [-0.4, -0.2) is 29.0 Å². The number of aryl methyl sites for hydroxylation is 1. The monoisotopic (exact) mass is 340 g/mol. The highest BCUT2D eigenvalue weighted by Gasteiger charge is 2.14. The molecule has 0 spiro atoms. The molecule has 25 heavy (non-hydrogen) atoms. The van der Waals surface area contributed by atoms with Gasteiger partial charge in [-0.2, -0.15) is 0 Å². The Bertz CT molecular complexity index is 768. The molecule has 0 saturated carbocycles. The summed E-state index contributed by atoms with van der Waals surface area (Å²) in [4.78, 5) is 0. The van der Waals surface area contributed by atoms with Crippen molar-refractivity contribution in [1.82, 2.24) is 5.16 Å². The van der Waals surface area contributed by atoms with E-state index in [0.717, 1.165) is 11.3 Å². The summed E-state index contributed by atoms with van der Waals surface area (Å²) < 4.78 is 10.9. The van der Waals surface area contributed by atoms with Crippen molar-refractivity contribution in [3.63, 3.8) is 0 Å². The molecule has 0 radical (unpaired) electrons. The average Bonchev–Trinajstić information content (AvgIpc) is 3.01. The summed E-state index contributed by atoms with van der Waals surface area (Å²) in [5, 5.41) is 13.9. The summed E-state index contributed by atoms with van der Waals surface area (Å²) >= 11 is 0. The summed E-state index contributed by atoms with van der Waals surface area (Å²) in [5.74, 6) is 7.33. The molecule has 3 N–H and O–H groups in total. The van der Waals surface area contributed by atoms with Crippen LogP contribution in [0.5, 0.6) is 5.75 Å². The number of hydrogen-bond acceptors (Lipinski definition) is 5. The van der Waals surface area contributed by atoms with Gasteiger partial charge in [0.15, 0.2) is 5.76 Å². The second kappa shape index (κ2) is 9.07. The fourth-order valence-electron chi connectivity index (χ4n) is 2.02. The van der Waals surface area contributed by atoms with Crippen LogP contribution >= 0.6 is 0 Å². The van der Waals surface area contributed by atoms with E-state index in [1.807, 2.05) is 63.3 Å². The average molecular weight is 340 g/mol. The van der Waals surface area contributed by atoms with E-state index in [1.54, 1.807) is 0 Å². The number of nitrogens with zero attached hydrogens (tertiary/aromatic N) is 1. The third-order valence-corrected chi connectivity index (χ3v) is 3.36. The fraction of sp³-hybridized carbons (Fsp3) is 0.350. The van der Waals surface area contributed by atoms with Crippen molar-refractivity contribution in [2.75, 3.05) is 6.61 Å². The smallest absolute Gasteiger partial charge is 0.159 e. The van der Waals surface area contributed by atoms with E-state index < -0.39 is 12.1 Å². The predicted molar refractivity (Wildman–Crippen MR) is 98.7 cm³/mol. The number of aliphatic hydroxyl groups excluding tert-OH is 1. The van der Waals surface area contributed by atoms with Crippen molar-refractivity contribution in [1.29, 1.82) is 0 Å². The number of aliphatic hydroxyl groups is 1. The molecule has 0 fully saturated rings. The minimum absolute atomic E-state index is 0.0697. The first-order valence-corrected chi connectivity index (χ1v) is 8.23. The van der Waals surface area contributed by atoms with Gasteiger partial charge in [-0.3, -0.25) is 0 Å². The summed E-state index contributed by atoms with van der Waals surface area (Å²) in [6.07, 6.45) is 2.83. The van der Waals surface area contributed by atoms with Crippen LogP contribution in [0.3, 0.4) is 0 Å². The molecule has 0 saturated heterocycles. The van der Waals surface area contributed by atoms with Gasteiger partial charge in [-0.25, -0.2) is 0 Å². The Morgan fingerprint density at radius 2 is 2.04 bits per heavy atom. The lowest BCUT2D eigenvalue weighted by Crippen LogP contribution is -2.37. The zero-order valence-electron chi connectivity index (χ0n) is 14.8. The molecule has 5 heteroatoms. The first-order chi connectivity index (χ1) is 12.0. The van der Waals surface area contributed by atoms with Gasteiger partial charge in [-0.05, 0) is 25.1 Å². The molecule has 2 rings (SSSR count). The van der Waals surface area contributed by atoms with Gasteiger partial charge in [0.05, 0.1) is 11.7 Å². The highest BCUT2D eigenvalue weighted by molar-refractivity contribution is 5.70. The highest BCUT2D eigenvalue weighted by atomic mass is 16.5. The van der Waals surface area contributed by atoms with Crippen molar-refractivity contribution < 1.29 is 14.4 Å². The van der Waals surface area contributed by atoms with Gasteiger partial charge in [-0.1, -0.05) is 49.0 Å². The lowest BCUT2D eigenvalue weighted by molar-refractivity contribution is 0.0990. The van der Waals surface area contributed by atoms with Crippen molar-refractivity contribution in [2.24, 2.45) is 11.7 Å². The number of nitrogens with two attached hydrogens (primary N) is 1. The summed E-state index contributed by atoms with van der Waals surface area (Å²) in [6.45, 7) is 5.88. The summed E-state index contributed by atoms with van der Waals surface area (Å²) in [6, 6.07) is 8.74. The molecule has 1 aromatic heterocycles. The van der Waals surface area contributed by atoms with Crippen molar-refractivity contribution in [2.45, 2.75) is 32.9 Å². The van der Waals surface area contributed by atoms with Crippen LogP contribution in [-0.2, 0) is 0 Å². The van der Waals surface area contributed by atoms with Crippen LogP contribution in [0.2, 0.25) is 0 Å². The van der Waals surface area contributed by atoms with Gasteiger partial charge >= 0.3 is 0 Å². The van der Waals surface area contributed by atoms with Crippen LogP contribution in [0.4, 0.5) is 0 Å². The molecule has 0 aliphatic carbocycles. The molecule has 0 bridgehead atoms. The Morgan fingerprint density at radius 3 is 2.72 bits per heavy atom. The number of hydrogen-bond donors (Lipinski definition) is 2. The number of aromatic nitrogens is 1. The lowest BCUT2D eigenvalue weighted by Gasteiger charge is -2.16. The van der Waals surface area contributed by atoms with Crippen LogP contribution in [0.25, 0.3) is 12.2 Å². The number of rotatable bonds is 6. The van der Waals surface area contributed by atoms with Crippen LogP contribution in [0.15, 0.2) is 34.9 Å². The Hall–Kier alpha value is -2.55. The predicted octanol–water partition coefficient (Wildman–Crippen LogP) is 2.88.